The Morgan fingerprint density at radius 3 is 3.12 bits per heavy atom. The lowest BCUT2D eigenvalue weighted by Crippen LogP contribution is -2.13. The smallest absolute Gasteiger partial charge is 0.295 e. The number of anilines is 2. The van der Waals surface area contributed by atoms with Crippen LogP contribution in [0.3, 0.4) is 0 Å². The fraction of sp³-hybridized carbons (Fsp3) is 0.417. The number of hydrogen-bond acceptors (Lipinski definition) is 5. The number of fused-ring (bicyclic) bond motifs is 1. The van der Waals surface area contributed by atoms with Crippen molar-refractivity contribution in [3.63, 3.8) is 0 Å². The number of nitrogen functional groups attached to an aromatic ring is 1. The molecular formula is C12H17N3OS. The molecule has 0 bridgehead atoms. The molecule has 0 saturated heterocycles. The molecule has 92 valence electrons. The number of aromatic nitrogens is 1. The number of rotatable bonds is 5. The second-order valence-electron chi connectivity index (χ2n) is 4.19. The van der Waals surface area contributed by atoms with Crippen LogP contribution in [0.4, 0.5) is 11.7 Å². The van der Waals surface area contributed by atoms with E-state index in [1.54, 1.807) is 6.07 Å². The topological polar surface area (TPSA) is 64.1 Å². The minimum absolute atomic E-state index is 0.568. The number of thioether (sulfide) groups is 1. The molecule has 1 aromatic carbocycles. The van der Waals surface area contributed by atoms with Crippen LogP contribution in [0.2, 0.25) is 0 Å². The minimum atomic E-state index is 0.568. The summed E-state index contributed by atoms with van der Waals surface area (Å²) < 4.78 is 5.57. The SMILES string of the molecule is CSCC(C)CNc1nc2ccc(N)cc2o1. The number of benzene rings is 1. The van der Waals surface area contributed by atoms with Crippen molar-refractivity contribution in [2.24, 2.45) is 5.92 Å². The van der Waals surface area contributed by atoms with Crippen molar-refractivity contribution in [3.05, 3.63) is 18.2 Å². The van der Waals surface area contributed by atoms with Gasteiger partial charge in [-0.2, -0.15) is 16.7 Å². The van der Waals surface area contributed by atoms with Gasteiger partial charge in [0.1, 0.15) is 5.52 Å². The molecule has 0 fully saturated rings. The average Bonchev–Trinajstić information content (AvgIpc) is 2.68. The highest BCUT2D eigenvalue weighted by molar-refractivity contribution is 7.98. The number of nitrogens with zero attached hydrogens (tertiary/aromatic N) is 1. The van der Waals surface area contributed by atoms with E-state index >= 15 is 0 Å². The molecule has 0 amide bonds. The van der Waals surface area contributed by atoms with Crippen molar-refractivity contribution in [3.8, 4) is 0 Å². The first kappa shape index (κ1) is 12.1. The van der Waals surface area contributed by atoms with Crippen LogP contribution in [0.1, 0.15) is 6.92 Å². The lowest BCUT2D eigenvalue weighted by atomic mass is 10.2. The summed E-state index contributed by atoms with van der Waals surface area (Å²) >= 11 is 1.84. The fourth-order valence-corrected chi connectivity index (χ4v) is 2.31. The third-order valence-corrected chi connectivity index (χ3v) is 3.37. The van der Waals surface area contributed by atoms with Gasteiger partial charge in [-0.15, -0.1) is 0 Å². The van der Waals surface area contributed by atoms with Gasteiger partial charge in [0.2, 0.25) is 0 Å². The second kappa shape index (κ2) is 5.31. The molecule has 0 spiro atoms. The number of nitrogens with one attached hydrogen (secondary N) is 1. The molecule has 4 nitrogen and oxygen atoms in total. The van der Waals surface area contributed by atoms with E-state index in [4.69, 9.17) is 10.2 Å². The van der Waals surface area contributed by atoms with Crippen LogP contribution in [-0.4, -0.2) is 23.5 Å². The molecule has 0 aliphatic heterocycles. The van der Waals surface area contributed by atoms with Crippen molar-refractivity contribution in [2.75, 3.05) is 29.6 Å². The van der Waals surface area contributed by atoms with Gasteiger partial charge in [-0.25, -0.2) is 0 Å². The summed E-state index contributed by atoms with van der Waals surface area (Å²) in [6.45, 7) is 3.06. The maximum atomic E-state index is 5.68. The van der Waals surface area contributed by atoms with Crippen molar-refractivity contribution >= 4 is 34.6 Å². The Balaban J connectivity index is 2.04. The summed E-state index contributed by atoms with van der Waals surface area (Å²) in [5, 5.41) is 3.21. The zero-order valence-electron chi connectivity index (χ0n) is 10.1. The quantitative estimate of drug-likeness (QED) is 0.800. The first-order chi connectivity index (χ1) is 8.19. The van der Waals surface area contributed by atoms with Gasteiger partial charge in [0.25, 0.3) is 6.01 Å². The molecule has 1 unspecified atom stereocenters. The molecule has 2 rings (SSSR count). The summed E-state index contributed by atoms with van der Waals surface area (Å²) in [6.07, 6.45) is 2.11. The van der Waals surface area contributed by atoms with Gasteiger partial charge in [-0.05, 0) is 30.1 Å². The number of nitrogens with two attached hydrogens (primary N) is 1. The minimum Gasteiger partial charge on any atom is -0.423 e. The predicted octanol–water partition coefficient (Wildman–Crippen LogP) is 2.82. The van der Waals surface area contributed by atoms with E-state index in [2.05, 4.69) is 23.5 Å². The lowest BCUT2D eigenvalue weighted by Gasteiger charge is -2.08. The highest BCUT2D eigenvalue weighted by atomic mass is 32.2. The van der Waals surface area contributed by atoms with Crippen molar-refractivity contribution in [2.45, 2.75) is 6.92 Å². The summed E-state index contributed by atoms with van der Waals surface area (Å²) in [5.41, 5.74) is 7.93. The van der Waals surface area contributed by atoms with E-state index < -0.39 is 0 Å². The van der Waals surface area contributed by atoms with Crippen LogP contribution in [0.25, 0.3) is 11.1 Å². The standard InChI is InChI=1S/C12H17N3OS/c1-8(7-17-2)6-14-12-15-10-4-3-9(13)5-11(10)16-12/h3-5,8H,6-7,13H2,1-2H3,(H,14,15). The highest BCUT2D eigenvalue weighted by Gasteiger charge is 2.07. The van der Waals surface area contributed by atoms with Gasteiger partial charge in [-0.3, -0.25) is 0 Å². The predicted molar refractivity (Wildman–Crippen MR) is 74.5 cm³/mol. The first-order valence-electron chi connectivity index (χ1n) is 5.58. The fourth-order valence-electron chi connectivity index (χ4n) is 1.62. The monoisotopic (exact) mass is 251 g/mol. The van der Waals surface area contributed by atoms with Crippen molar-refractivity contribution in [1.82, 2.24) is 4.98 Å². The van der Waals surface area contributed by atoms with Gasteiger partial charge < -0.3 is 15.5 Å². The summed E-state index contributed by atoms with van der Waals surface area (Å²) in [7, 11) is 0. The molecule has 3 N–H and O–H groups in total. The number of hydrogen-bond donors (Lipinski definition) is 2. The zero-order valence-corrected chi connectivity index (χ0v) is 10.9. The Kier molecular flexibility index (Phi) is 3.78. The van der Waals surface area contributed by atoms with Gasteiger partial charge in [-0.1, -0.05) is 6.92 Å². The van der Waals surface area contributed by atoms with Gasteiger partial charge in [0.15, 0.2) is 5.58 Å². The molecule has 0 radical (unpaired) electrons. The first-order valence-corrected chi connectivity index (χ1v) is 6.97. The highest BCUT2D eigenvalue weighted by Crippen LogP contribution is 2.21. The Hall–Kier alpha value is -1.36. The molecule has 1 aromatic heterocycles. The van der Waals surface area contributed by atoms with Crippen LogP contribution in [0, 0.1) is 5.92 Å². The third kappa shape index (κ3) is 3.06. The molecule has 0 aliphatic carbocycles. The van der Waals surface area contributed by atoms with Gasteiger partial charge in [0.05, 0.1) is 0 Å². The van der Waals surface area contributed by atoms with Crippen LogP contribution in [0.5, 0.6) is 0 Å². The molecule has 17 heavy (non-hydrogen) atoms. The van der Waals surface area contributed by atoms with Gasteiger partial charge in [0, 0.05) is 18.3 Å². The molecule has 1 atom stereocenters. The molecule has 0 aliphatic rings. The average molecular weight is 251 g/mol. The third-order valence-electron chi connectivity index (χ3n) is 2.47. The maximum absolute atomic E-state index is 5.68. The van der Waals surface area contributed by atoms with E-state index in [-0.39, 0.29) is 0 Å². The van der Waals surface area contributed by atoms with E-state index in [1.807, 2.05) is 23.9 Å². The molecular weight excluding hydrogens is 234 g/mol. The van der Waals surface area contributed by atoms with Crippen LogP contribution in [0.15, 0.2) is 22.6 Å². The molecule has 5 heteroatoms. The van der Waals surface area contributed by atoms with Crippen LogP contribution < -0.4 is 11.1 Å². The summed E-state index contributed by atoms with van der Waals surface area (Å²) in [5.74, 6) is 1.71. The van der Waals surface area contributed by atoms with E-state index in [0.29, 0.717) is 17.6 Å². The Bertz CT molecular complexity index is 497. The Labute approximate surface area is 105 Å². The Morgan fingerprint density at radius 1 is 1.53 bits per heavy atom. The maximum Gasteiger partial charge on any atom is 0.295 e. The van der Waals surface area contributed by atoms with E-state index in [1.165, 1.54) is 0 Å². The van der Waals surface area contributed by atoms with Crippen LogP contribution >= 0.6 is 11.8 Å². The summed E-state index contributed by atoms with van der Waals surface area (Å²) in [6, 6.07) is 6.05. The van der Waals surface area contributed by atoms with Crippen molar-refractivity contribution < 1.29 is 4.42 Å². The van der Waals surface area contributed by atoms with Crippen molar-refractivity contribution in [1.29, 1.82) is 0 Å². The molecule has 2 aromatic rings. The largest absolute Gasteiger partial charge is 0.423 e. The zero-order chi connectivity index (χ0) is 12.3. The van der Waals surface area contributed by atoms with E-state index in [9.17, 15) is 0 Å². The van der Waals surface area contributed by atoms with Crippen LogP contribution in [-0.2, 0) is 0 Å². The second-order valence-corrected chi connectivity index (χ2v) is 5.10. The molecule has 0 saturated carbocycles. The number of oxazole rings is 1. The molecule has 1 heterocycles. The lowest BCUT2D eigenvalue weighted by molar-refractivity contribution is 0.598. The normalized spacial score (nSPS) is 12.8. The Morgan fingerprint density at radius 2 is 2.35 bits per heavy atom. The van der Waals surface area contributed by atoms with E-state index in [0.717, 1.165) is 23.4 Å². The van der Waals surface area contributed by atoms with Gasteiger partial charge >= 0.3 is 0 Å². The summed E-state index contributed by atoms with van der Waals surface area (Å²) in [4.78, 5) is 4.35.